The Morgan fingerprint density at radius 2 is 1.74 bits per heavy atom. The zero-order chi connectivity index (χ0) is 13.7. The molecular weight excluding hydrogens is 252 g/mol. The molecule has 2 rings (SSSR count). The molecule has 2 fully saturated rings. The Kier molecular flexibility index (Phi) is 6.04. The van der Waals surface area contributed by atoms with Gasteiger partial charge in [-0.3, -0.25) is 0 Å². The van der Waals surface area contributed by atoms with E-state index in [-0.39, 0.29) is 0 Å². The summed E-state index contributed by atoms with van der Waals surface area (Å²) in [5.41, 5.74) is 0.598. The van der Waals surface area contributed by atoms with Crippen LogP contribution in [0.1, 0.15) is 52.4 Å². The number of nitrogens with zero attached hydrogens (tertiary/aromatic N) is 1. The van der Waals surface area contributed by atoms with Crippen molar-refractivity contribution in [3.05, 3.63) is 0 Å². The molecule has 1 heterocycles. The maximum atomic E-state index is 3.45. The number of nitrogens with one attached hydrogen (secondary N) is 1. The van der Waals surface area contributed by atoms with Crippen molar-refractivity contribution in [2.24, 2.45) is 5.41 Å². The Balaban J connectivity index is 1.60. The molecule has 1 saturated carbocycles. The highest BCUT2D eigenvalue weighted by Gasteiger charge is 2.28. The molecular formula is C16H32N2S. The van der Waals surface area contributed by atoms with E-state index >= 15 is 0 Å². The van der Waals surface area contributed by atoms with E-state index in [1.54, 1.807) is 0 Å². The summed E-state index contributed by atoms with van der Waals surface area (Å²) in [5.74, 6) is 1.32. The summed E-state index contributed by atoms with van der Waals surface area (Å²) in [5, 5.41) is 4.37. The van der Waals surface area contributed by atoms with Crippen LogP contribution in [0.4, 0.5) is 0 Å². The van der Waals surface area contributed by atoms with Gasteiger partial charge in [0.2, 0.25) is 0 Å². The van der Waals surface area contributed by atoms with Crippen LogP contribution in [-0.2, 0) is 0 Å². The second-order valence-corrected chi connectivity index (χ2v) is 8.60. The van der Waals surface area contributed by atoms with Gasteiger partial charge in [0.15, 0.2) is 0 Å². The molecule has 1 aliphatic carbocycles. The fourth-order valence-electron chi connectivity index (χ4n) is 3.33. The zero-order valence-corrected chi connectivity index (χ0v) is 13.9. The van der Waals surface area contributed by atoms with Gasteiger partial charge in [-0.2, -0.15) is 11.8 Å². The van der Waals surface area contributed by atoms with E-state index < -0.39 is 0 Å². The van der Waals surface area contributed by atoms with Crippen molar-refractivity contribution in [1.82, 2.24) is 10.2 Å². The van der Waals surface area contributed by atoms with Crippen LogP contribution in [0, 0.1) is 5.41 Å². The van der Waals surface area contributed by atoms with E-state index in [0.717, 1.165) is 11.3 Å². The first-order valence-electron chi connectivity index (χ1n) is 8.09. The van der Waals surface area contributed by atoms with E-state index in [9.17, 15) is 0 Å². The van der Waals surface area contributed by atoms with Crippen molar-refractivity contribution in [1.29, 1.82) is 0 Å². The van der Waals surface area contributed by atoms with Crippen LogP contribution < -0.4 is 5.32 Å². The predicted molar refractivity (Wildman–Crippen MR) is 87.0 cm³/mol. The summed E-state index contributed by atoms with van der Waals surface area (Å²) < 4.78 is 0. The quantitative estimate of drug-likeness (QED) is 0.833. The third-order valence-electron chi connectivity index (χ3n) is 5.02. The van der Waals surface area contributed by atoms with E-state index in [2.05, 4.69) is 42.9 Å². The topological polar surface area (TPSA) is 15.3 Å². The second-order valence-electron chi connectivity index (χ2n) is 7.20. The highest BCUT2D eigenvalue weighted by atomic mass is 32.2. The van der Waals surface area contributed by atoms with Crippen molar-refractivity contribution in [2.45, 2.75) is 63.7 Å². The largest absolute Gasteiger partial charge is 0.317 e. The maximum absolute atomic E-state index is 3.45. The molecule has 3 heteroatoms. The molecule has 0 radical (unpaired) electrons. The lowest BCUT2D eigenvalue weighted by molar-refractivity contribution is 0.133. The number of hydrogen-bond acceptors (Lipinski definition) is 3. The Hall–Kier alpha value is 0.270. The van der Waals surface area contributed by atoms with Crippen LogP contribution in [0.15, 0.2) is 0 Å². The maximum Gasteiger partial charge on any atom is 0.00929 e. The Morgan fingerprint density at radius 1 is 1.11 bits per heavy atom. The summed E-state index contributed by atoms with van der Waals surface area (Å²) >= 11 is 2.21. The van der Waals surface area contributed by atoms with Crippen LogP contribution in [0.2, 0.25) is 0 Å². The van der Waals surface area contributed by atoms with E-state index in [4.69, 9.17) is 0 Å². The fourth-order valence-corrected chi connectivity index (χ4v) is 4.63. The zero-order valence-electron chi connectivity index (χ0n) is 13.1. The molecule has 112 valence electrons. The van der Waals surface area contributed by atoms with Gasteiger partial charge in [-0.1, -0.05) is 13.8 Å². The van der Waals surface area contributed by atoms with Crippen LogP contribution >= 0.6 is 11.8 Å². The second kappa shape index (κ2) is 7.33. The van der Waals surface area contributed by atoms with Gasteiger partial charge in [0.1, 0.15) is 0 Å². The first-order valence-corrected chi connectivity index (χ1v) is 9.14. The van der Waals surface area contributed by atoms with Gasteiger partial charge in [0, 0.05) is 23.6 Å². The molecule has 0 spiro atoms. The number of rotatable bonds is 5. The average Bonchev–Trinajstić information content (AvgIpc) is 2.39. The summed E-state index contributed by atoms with van der Waals surface area (Å²) in [6.07, 6.45) is 8.36. The SMILES string of the molecule is CN(CCSC1CCNCC1)C1CCC(C)(C)CC1. The van der Waals surface area contributed by atoms with Crippen LogP contribution in [0.25, 0.3) is 0 Å². The smallest absolute Gasteiger partial charge is 0.00929 e. The molecule has 0 amide bonds. The lowest BCUT2D eigenvalue weighted by atomic mass is 9.75. The Labute approximate surface area is 124 Å². The minimum absolute atomic E-state index is 0.598. The molecule has 0 unspecified atom stereocenters. The standard InChI is InChI=1S/C16H32N2S/c1-16(2)8-4-14(5-9-16)18(3)12-13-19-15-6-10-17-11-7-15/h14-15,17H,4-13H2,1-3H3. The lowest BCUT2D eigenvalue weighted by Crippen LogP contribution is -2.38. The van der Waals surface area contributed by atoms with Crippen LogP contribution in [0.3, 0.4) is 0 Å². The van der Waals surface area contributed by atoms with Gasteiger partial charge in [0.25, 0.3) is 0 Å². The Morgan fingerprint density at radius 3 is 2.37 bits per heavy atom. The Bertz CT molecular complexity index is 251. The van der Waals surface area contributed by atoms with Crippen molar-refractivity contribution < 1.29 is 0 Å². The molecule has 1 N–H and O–H groups in total. The predicted octanol–water partition coefficient (Wildman–Crippen LogP) is 3.37. The molecule has 19 heavy (non-hydrogen) atoms. The van der Waals surface area contributed by atoms with Crippen molar-refractivity contribution in [3.8, 4) is 0 Å². The van der Waals surface area contributed by atoms with Gasteiger partial charge in [-0.15, -0.1) is 0 Å². The third kappa shape index (κ3) is 5.28. The number of piperidine rings is 1. The summed E-state index contributed by atoms with van der Waals surface area (Å²) in [7, 11) is 2.34. The van der Waals surface area contributed by atoms with Gasteiger partial charge < -0.3 is 10.2 Å². The molecule has 1 aliphatic heterocycles. The highest BCUT2D eigenvalue weighted by Crippen LogP contribution is 2.36. The van der Waals surface area contributed by atoms with Gasteiger partial charge in [0.05, 0.1) is 0 Å². The van der Waals surface area contributed by atoms with Gasteiger partial charge in [-0.05, 0) is 64.1 Å². The number of hydrogen-bond donors (Lipinski definition) is 1. The van der Waals surface area contributed by atoms with Crippen molar-refractivity contribution in [3.63, 3.8) is 0 Å². The highest BCUT2D eigenvalue weighted by molar-refractivity contribution is 7.99. The monoisotopic (exact) mass is 284 g/mol. The van der Waals surface area contributed by atoms with E-state index in [1.807, 2.05) is 0 Å². The van der Waals surface area contributed by atoms with Gasteiger partial charge in [-0.25, -0.2) is 0 Å². The lowest BCUT2D eigenvalue weighted by Gasteiger charge is -2.38. The first-order chi connectivity index (χ1) is 9.07. The van der Waals surface area contributed by atoms with Crippen molar-refractivity contribution >= 4 is 11.8 Å². The van der Waals surface area contributed by atoms with Crippen LogP contribution in [-0.4, -0.2) is 48.6 Å². The minimum Gasteiger partial charge on any atom is -0.317 e. The number of thioether (sulfide) groups is 1. The molecule has 2 aliphatic rings. The summed E-state index contributed by atoms with van der Waals surface area (Å²) in [6, 6.07) is 0.849. The normalized spacial score (nSPS) is 25.9. The molecule has 0 bridgehead atoms. The molecule has 1 saturated heterocycles. The fraction of sp³-hybridized carbons (Fsp3) is 1.00. The average molecular weight is 285 g/mol. The first kappa shape index (κ1) is 15.7. The summed E-state index contributed by atoms with van der Waals surface area (Å²) in [6.45, 7) is 8.59. The summed E-state index contributed by atoms with van der Waals surface area (Å²) in [4.78, 5) is 2.63. The molecule has 0 aromatic rings. The van der Waals surface area contributed by atoms with E-state index in [1.165, 1.54) is 63.9 Å². The molecule has 0 aromatic carbocycles. The molecule has 0 atom stereocenters. The van der Waals surface area contributed by atoms with Crippen molar-refractivity contribution in [2.75, 3.05) is 32.4 Å². The minimum atomic E-state index is 0.598. The van der Waals surface area contributed by atoms with Gasteiger partial charge >= 0.3 is 0 Å². The van der Waals surface area contributed by atoms with Crippen LogP contribution in [0.5, 0.6) is 0 Å². The van der Waals surface area contributed by atoms with E-state index in [0.29, 0.717) is 5.41 Å². The molecule has 0 aromatic heterocycles. The third-order valence-corrected chi connectivity index (χ3v) is 6.38. The molecule has 2 nitrogen and oxygen atoms in total.